The lowest BCUT2D eigenvalue weighted by molar-refractivity contribution is 0.0940. The lowest BCUT2D eigenvalue weighted by Gasteiger charge is -2.23. The molecule has 3 aromatic rings. The molecule has 0 aliphatic rings. The standard InChI is InChI=1S/C24H26N2O4S/c1-18(20-11-15-23(30-2)16-12-20)25-24(27)21-9-13-22(14-10-21)26(31(3,28)29)17-19-7-5-4-6-8-19/h4-16,18H,17H2,1-3H3,(H,25,27)/t18-/m0/s1. The highest BCUT2D eigenvalue weighted by Gasteiger charge is 2.19. The lowest BCUT2D eigenvalue weighted by atomic mass is 10.1. The van der Waals surface area contributed by atoms with Crippen molar-refractivity contribution in [3.05, 3.63) is 95.6 Å². The lowest BCUT2D eigenvalue weighted by Crippen LogP contribution is -2.29. The molecule has 0 saturated carbocycles. The third-order valence-electron chi connectivity index (χ3n) is 4.95. The van der Waals surface area contributed by atoms with Gasteiger partial charge in [0.2, 0.25) is 10.0 Å². The van der Waals surface area contributed by atoms with E-state index in [0.29, 0.717) is 11.3 Å². The number of hydrogen-bond donors (Lipinski definition) is 1. The fraction of sp³-hybridized carbons (Fsp3) is 0.208. The van der Waals surface area contributed by atoms with Gasteiger partial charge in [0.25, 0.3) is 5.91 Å². The van der Waals surface area contributed by atoms with E-state index < -0.39 is 10.0 Å². The maximum atomic E-state index is 12.7. The molecule has 0 heterocycles. The van der Waals surface area contributed by atoms with Crippen LogP contribution in [0.25, 0.3) is 0 Å². The van der Waals surface area contributed by atoms with E-state index in [1.54, 1.807) is 31.4 Å². The molecule has 0 aromatic heterocycles. The van der Waals surface area contributed by atoms with Crippen molar-refractivity contribution in [2.75, 3.05) is 17.7 Å². The van der Waals surface area contributed by atoms with Gasteiger partial charge in [-0.25, -0.2) is 8.42 Å². The Hall–Kier alpha value is -3.32. The van der Waals surface area contributed by atoms with Crippen LogP contribution in [0.3, 0.4) is 0 Å². The first-order chi connectivity index (χ1) is 14.8. The molecule has 0 unspecified atom stereocenters. The highest BCUT2D eigenvalue weighted by molar-refractivity contribution is 7.92. The summed E-state index contributed by atoms with van der Waals surface area (Å²) >= 11 is 0. The van der Waals surface area contributed by atoms with Crippen molar-refractivity contribution in [2.24, 2.45) is 0 Å². The average molecular weight is 439 g/mol. The third kappa shape index (κ3) is 5.86. The third-order valence-corrected chi connectivity index (χ3v) is 6.09. The van der Waals surface area contributed by atoms with Crippen LogP contribution in [0.1, 0.15) is 34.5 Å². The zero-order valence-corrected chi connectivity index (χ0v) is 18.6. The van der Waals surface area contributed by atoms with Crippen molar-refractivity contribution in [1.29, 1.82) is 0 Å². The summed E-state index contributed by atoms with van der Waals surface area (Å²) in [5, 5.41) is 2.96. The van der Waals surface area contributed by atoms with Crippen LogP contribution in [0.5, 0.6) is 5.75 Å². The Morgan fingerprint density at radius 2 is 1.58 bits per heavy atom. The molecule has 1 amide bonds. The van der Waals surface area contributed by atoms with Crippen LogP contribution in [0.4, 0.5) is 5.69 Å². The van der Waals surface area contributed by atoms with Gasteiger partial charge in [-0.3, -0.25) is 9.10 Å². The summed E-state index contributed by atoms with van der Waals surface area (Å²) in [5.74, 6) is 0.521. The molecule has 1 N–H and O–H groups in total. The number of methoxy groups -OCH3 is 1. The summed E-state index contributed by atoms with van der Waals surface area (Å²) in [5.41, 5.74) is 2.79. The number of sulfonamides is 1. The molecule has 3 aromatic carbocycles. The first-order valence-corrected chi connectivity index (χ1v) is 11.7. The smallest absolute Gasteiger partial charge is 0.251 e. The number of nitrogens with one attached hydrogen (secondary N) is 1. The number of carbonyl (C=O) groups is 1. The number of nitrogens with zero attached hydrogens (tertiary/aromatic N) is 1. The van der Waals surface area contributed by atoms with E-state index in [1.165, 1.54) is 10.6 Å². The van der Waals surface area contributed by atoms with Crippen LogP contribution < -0.4 is 14.4 Å². The summed E-state index contributed by atoms with van der Waals surface area (Å²) in [7, 11) is -1.88. The van der Waals surface area contributed by atoms with Gasteiger partial charge in [0, 0.05) is 5.56 Å². The number of ether oxygens (including phenoxy) is 1. The Morgan fingerprint density at radius 1 is 0.968 bits per heavy atom. The van der Waals surface area contributed by atoms with Crippen molar-refractivity contribution in [2.45, 2.75) is 19.5 Å². The van der Waals surface area contributed by atoms with Gasteiger partial charge in [0.1, 0.15) is 5.75 Å². The van der Waals surface area contributed by atoms with E-state index in [4.69, 9.17) is 4.74 Å². The molecule has 0 spiro atoms. The largest absolute Gasteiger partial charge is 0.497 e. The molecule has 6 nitrogen and oxygen atoms in total. The Morgan fingerprint density at radius 3 is 2.13 bits per heavy atom. The number of amides is 1. The molecule has 7 heteroatoms. The van der Waals surface area contributed by atoms with Crippen LogP contribution in [-0.2, 0) is 16.6 Å². The Bertz CT molecular complexity index is 1110. The zero-order valence-electron chi connectivity index (χ0n) is 17.8. The first-order valence-electron chi connectivity index (χ1n) is 9.84. The fourth-order valence-electron chi connectivity index (χ4n) is 3.18. The maximum Gasteiger partial charge on any atom is 0.251 e. The minimum Gasteiger partial charge on any atom is -0.497 e. The summed E-state index contributed by atoms with van der Waals surface area (Å²) in [4.78, 5) is 12.7. The minimum atomic E-state index is -3.49. The van der Waals surface area contributed by atoms with E-state index in [9.17, 15) is 13.2 Å². The summed E-state index contributed by atoms with van der Waals surface area (Å²) in [6.07, 6.45) is 1.17. The van der Waals surface area contributed by atoms with E-state index in [2.05, 4.69) is 5.32 Å². The Kier molecular flexibility index (Phi) is 6.97. The maximum absolute atomic E-state index is 12.7. The highest BCUT2D eigenvalue weighted by atomic mass is 32.2. The van der Waals surface area contributed by atoms with Gasteiger partial charge < -0.3 is 10.1 Å². The molecule has 0 radical (unpaired) electrons. The van der Waals surface area contributed by atoms with Gasteiger partial charge in [-0.15, -0.1) is 0 Å². The fourth-order valence-corrected chi connectivity index (χ4v) is 4.07. The molecular formula is C24H26N2O4S. The second-order valence-corrected chi connectivity index (χ2v) is 9.18. The molecule has 0 aliphatic carbocycles. The van der Waals surface area contributed by atoms with Crippen LogP contribution in [0.2, 0.25) is 0 Å². The predicted octanol–water partition coefficient (Wildman–Crippen LogP) is 4.15. The van der Waals surface area contributed by atoms with Gasteiger partial charge in [-0.2, -0.15) is 0 Å². The van der Waals surface area contributed by atoms with E-state index in [1.807, 2.05) is 61.5 Å². The van der Waals surface area contributed by atoms with Gasteiger partial charge in [-0.1, -0.05) is 42.5 Å². The average Bonchev–Trinajstić information content (AvgIpc) is 2.77. The van der Waals surface area contributed by atoms with Crippen LogP contribution in [-0.4, -0.2) is 27.7 Å². The number of benzene rings is 3. The Balaban J connectivity index is 1.73. The normalized spacial score (nSPS) is 12.1. The van der Waals surface area contributed by atoms with E-state index in [-0.39, 0.29) is 18.5 Å². The number of anilines is 1. The quantitative estimate of drug-likeness (QED) is 0.573. The summed E-state index contributed by atoms with van der Waals surface area (Å²) in [6, 6.07) is 23.2. The van der Waals surface area contributed by atoms with Gasteiger partial charge in [-0.05, 0) is 54.4 Å². The number of hydrogen-bond acceptors (Lipinski definition) is 4. The first kappa shape index (κ1) is 22.4. The van der Waals surface area contributed by atoms with E-state index >= 15 is 0 Å². The van der Waals surface area contributed by atoms with Gasteiger partial charge >= 0.3 is 0 Å². The highest BCUT2D eigenvalue weighted by Crippen LogP contribution is 2.22. The van der Waals surface area contributed by atoms with Crippen molar-refractivity contribution >= 4 is 21.6 Å². The van der Waals surface area contributed by atoms with Crippen molar-refractivity contribution < 1.29 is 17.9 Å². The molecule has 0 saturated heterocycles. The molecule has 0 bridgehead atoms. The molecule has 1 atom stereocenters. The van der Waals surface area contributed by atoms with Crippen molar-refractivity contribution in [3.63, 3.8) is 0 Å². The second-order valence-electron chi connectivity index (χ2n) is 7.27. The summed E-state index contributed by atoms with van der Waals surface area (Å²) < 4.78 is 31.2. The van der Waals surface area contributed by atoms with Crippen LogP contribution >= 0.6 is 0 Å². The SMILES string of the molecule is COc1ccc([C@H](C)NC(=O)c2ccc(N(Cc3ccccc3)S(C)(=O)=O)cc2)cc1. The molecular weight excluding hydrogens is 412 g/mol. The van der Waals surface area contributed by atoms with Crippen LogP contribution in [0.15, 0.2) is 78.9 Å². The molecule has 162 valence electrons. The molecule has 3 rings (SSSR count). The predicted molar refractivity (Wildman–Crippen MR) is 123 cm³/mol. The van der Waals surface area contributed by atoms with Gasteiger partial charge in [0.05, 0.1) is 31.6 Å². The molecule has 31 heavy (non-hydrogen) atoms. The molecule has 0 fully saturated rings. The number of carbonyl (C=O) groups excluding carboxylic acids is 1. The van der Waals surface area contributed by atoms with Crippen molar-refractivity contribution in [1.82, 2.24) is 5.32 Å². The van der Waals surface area contributed by atoms with Gasteiger partial charge in [0.15, 0.2) is 0 Å². The van der Waals surface area contributed by atoms with Crippen LogP contribution in [0, 0.1) is 0 Å². The molecule has 0 aliphatic heterocycles. The van der Waals surface area contributed by atoms with E-state index in [0.717, 1.165) is 16.9 Å². The minimum absolute atomic E-state index is 0.191. The number of rotatable bonds is 8. The van der Waals surface area contributed by atoms with Crippen molar-refractivity contribution in [3.8, 4) is 5.75 Å². The monoisotopic (exact) mass is 438 g/mol. The summed E-state index contributed by atoms with van der Waals surface area (Å²) in [6.45, 7) is 2.12. The topological polar surface area (TPSA) is 75.7 Å². The zero-order chi connectivity index (χ0) is 22.4. The second kappa shape index (κ2) is 9.66. The Labute approximate surface area is 183 Å².